The second-order valence-electron chi connectivity index (χ2n) is 7.65. The number of imide groups is 1. The zero-order valence-corrected chi connectivity index (χ0v) is 18.4. The third-order valence-electron chi connectivity index (χ3n) is 5.61. The lowest BCUT2D eigenvalue weighted by molar-refractivity contribution is -0.123. The molecule has 1 saturated heterocycles. The van der Waals surface area contributed by atoms with Crippen LogP contribution in [0.25, 0.3) is 0 Å². The van der Waals surface area contributed by atoms with Crippen LogP contribution in [-0.4, -0.2) is 68.8 Å². The van der Waals surface area contributed by atoms with Gasteiger partial charge in [0.1, 0.15) is 19.8 Å². The Bertz CT molecular complexity index is 1200. The van der Waals surface area contributed by atoms with E-state index in [-0.39, 0.29) is 6.54 Å². The SMILES string of the molecule is COc1ccc(N2C(=O)[C@@H]3N=NN(CC(=O)Nc4ccc5c(c4)OCCO5)[C@H]3C2=O)cc1OC. The quantitative estimate of drug-likeness (QED) is 0.631. The average molecular weight is 467 g/mol. The van der Waals surface area contributed by atoms with Crippen molar-refractivity contribution in [2.24, 2.45) is 10.3 Å². The summed E-state index contributed by atoms with van der Waals surface area (Å²) in [6.07, 6.45) is 0. The first-order chi connectivity index (χ1) is 16.5. The number of carbonyl (C=O) groups excluding carboxylic acids is 3. The molecule has 3 heterocycles. The Labute approximate surface area is 194 Å². The molecule has 3 amide bonds. The Hall–Kier alpha value is -4.35. The predicted octanol–water partition coefficient (Wildman–Crippen LogP) is 1.41. The van der Waals surface area contributed by atoms with Gasteiger partial charge in [0.15, 0.2) is 35.1 Å². The van der Waals surface area contributed by atoms with E-state index in [2.05, 4.69) is 15.7 Å². The molecule has 0 saturated carbocycles. The molecule has 0 bridgehead atoms. The summed E-state index contributed by atoms with van der Waals surface area (Å²) in [5, 5.41) is 11.8. The van der Waals surface area contributed by atoms with E-state index >= 15 is 0 Å². The zero-order chi connectivity index (χ0) is 23.8. The highest BCUT2D eigenvalue weighted by Crippen LogP contribution is 2.37. The lowest BCUT2D eigenvalue weighted by Crippen LogP contribution is -2.43. The summed E-state index contributed by atoms with van der Waals surface area (Å²) in [7, 11) is 2.95. The number of nitrogens with one attached hydrogen (secondary N) is 1. The van der Waals surface area contributed by atoms with Crippen LogP contribution < -0.4 is 29.2 Å². The number of methoxy groups -OCH3 is 2. The predicted molar refractivity (Wildman–Crippen MR) is 117 cm³/mol. The zero-order valence-electron chi connectivity index (χ0n) is 18.4. The lowest BCUT2D eigenvalue weighted by atomic mass is 10.1. The Morgan fingerprint density at radius 3 is 2.56 bits per heavy atom. The van der Waals surface area contributed by atoms with E-state index in [1.807, 2.05) is 0 Å². The summed E-state index contributed by atoms with van der Waals surface area (Å²) in [5.41, 5.74) is 0.820. The smallest absolute Gasteiger partial charge is 0.263 e. The third kappa shape index (κ3) is 3.62. The van der Waals surface area contributed by atoms with Gasteiger partial charge >= 0.3 is 0 Å². The monoisotopic (exact) mass is 467 g/mol. The van der Waals surface area contributed by atoms with Gasteiger partial charge in [-0.15, -0.1) is 0 Å². The molecule has 0 aromatic heterocycles. The number of amides is 3. The molecular weight excluding hydrogens is 446 g/mol. The maximum absolute atomic E-state index is 13.2. The molecule has 2 atom stereocenters. The fourth-order valence-corrected chi connectivity index (χ4v) is 4.04. The molecule has 3 aliphatic rings. The van der Waals surface area contributed by atoms with Crippen molar-refractivity contribution >= 4 is 29.1 Å². The van der Waals surface area contributed by atoms with Crippen molar-refractivity contribution in [2.75, 3.05) is 44.2 Å². The number of carbonyl (C=O) groups is 3. The van der Waals surface area contributed by atoms with Gasteiger partial charge in [0.2, 0.25) is 5.91 Å². The summed E-state index contributed by atoms with van der Waals surface area (Å²) < 4.78 is 21.5. The van der Waals surface area contributed by atoms with E-state index in [1.54, 1.807) is 30.3 Å². The van der Waals surface area contributed by atoms with E-state index in [4.69, 9.17) is 18.9 Å². The van der Waals surface area contributed by atoms with Crippen LogP contribution in [0.3, 0.4) is 0 Å². The van der Waals surface area contributed by atoms with Crippen LogP contribution in [0.1, 0.15) is 0 Å². The molecule has 3 aliphatic heterocycles. The van der Waals surface area contributed by atoms with Crippen LogP contribution >= 0.6 is 0 Å². The first-order valence-corrected chi connectivity index (χ1v) is 10.5. The molecule has 2 aromatic rings. The minimum Gasteiger partial charge on any atom is -0.493 e. The van der Waals surface area contributed by atoms with Crippen LogP contribution in [0, 0.1) is 0 Å². The van der Waals surface area contributed by atoms with Crippen LogP contribution in [0.15, 0.2) is 46.7 Å². The molecule has 5 rings (SSSR count). The summed E-state index contributed by atoms with van der Waals surface area (Å²) in [6.45, 7) is 0.626. The number of hydrogen-bond acceptors (Lipinski definition) is 10. The first kappa shape index (κ1) is 21.5. The number of hydrogen-bond donors (Lipinski definition) is 1. The van der Waals surface area contributed by atoms with Crippen LogP contribution in [0.5, 0.6) is 23.0 Å². The fraction of sp³-hybridized carbons (Fsp3) is 0.318. The maximum atomic E-state index is 13.2. The summed E-state index contributed by atoms with van der Waals surface area (Å²) in [4.78, 5) is 39.8. The molecule has 34 heavy (non-hydrogen) atoms. The van der Waals surface area contributed by atoms with E-state index < -0.39 is 29.8 Å². The molecule has 0 spiro atoms. The largest absolute Gasteiger partial charge is 0.493 e. The van der Waals surface area contributed by atoms with Crippen molar-refractivity contribution in [2.45, 2.75) is 12.1 Å². The maximum Gasteiger partial charge on any atom is 0.263 e. The Morgan fingerprint density at radius 2 is 1.79 bits per heavy atom. The van der Waals surface area contributed by atoms with Crippen molar-refractivity contribution in [1.29, 1.82) is 0 Å². The molecule has 0 aliphatic carbocycles. The van der Waals surface area contributed by atoms with Gasteiger partial charge in [-0.2, -0.15) is 5.11 Å². The van der Waals surface area contributed by atoms with E-state index in [9.17, 15) is 14.4 Å². The summed E-state index contributed by atoms with van der Waals surface area (Å²) in [6, 6.07) is 7.72. The average Bonchev–Trinajstić information content (AvgIpc) is 3.37. The molecule has 12 nitrogen and oxygen atoms in total. The second kappa shape index (κ2) is 8.54. The fourth-order valence-electron chi connectivity index (χ4n) is 4.04. The normalized spacial score (nSPS) is 20.4. The molecular formula is C22H21N5O7. The highest BCUT2D eigenvalue weighted by atomic mass is 16.6. The van der Waals surface area contributed by atoms with Gasteiger partial charge in [-0.05, 0) is 24.3 Å². The van der Waals surface area contributed by atoms with Gasteiger partial charge in [-0.3, -0.25) is 19.4 Å². The van der Waals surface area contributed by atoms with Crippen molar-refractivity contribution in [3.05, 3.63) is 36.4 Å². The van der Waals surface area contributed by atoms with Gasteiger partial charge in [-0.1, -0.05) is 5.22 Å². The Morgan fingerprint density at radius 1 is 1.03 bits per heavy atom. The standard InChI is InChI=1S/C22H21N5O7/c1-31-14-6-4-13(10-16(14)32-2)27-21(29)19-20(22(27)30)26(25-24-19)11-18(28)23-12-3-5-15-17(9-12)34-8-7-33-15/h3-6,9-10,19-20H,7-8,11H2,1-2H3,(H,23,28)/t19-,20-/m1/s1. The number of nitrogens with zero attached hydrogens (tertiary/aromatic N) is 4. The highest BCUT2D eigenvalue weighted by molar-refractivity contribution is 6.25. The number of fused-ring (bicyclic) bond motifs is 2. The van der Waals surface area contributed by atoms with Crippen molar-refractivity contribution in [1.82, 2.24) is 5.01 Å². The molecule has 1 N–H and O–H groups in total. The Balaban J connectivity index is 1.29. The van der Waals surface area contributed by atoms with Crippen molar-refractivity contribution < 1.29 is 33.3 Å². The summed E-state index contributed by atoms with van der Waals surface area (Å²) >= 11 is 0. The van der Waals surface area contributed by atoms with Crippen molar-refractivity contribution in [3.63, 3.8) is 0 Å². The van der Waals surface area contributed by atoms with Crippen LogP contribution in [0.2, 0.25) is 0 Å². The minimum absolute atomic E-state index is 0.266. The Kier molecular flexibility index (Phi) is 5.40. The van der Waals surface area contributed by atoms with E-state index in [0.29, 0.717) is 47.6 Å². The number of anilines is 2. The molecule has 176 valence electrons. The molecule has 0 radical (unpaired) electrons. The molecule has 0 unspecified atom stereocenters. The summed E-state index contributed by atoms with van der Waals surface area (Å²) in [5.74, 6) is 0.483. The first-order valence-electron chi connectivity index (χ1n) is 10.5. The van der Waals surface area contributed by atoms with Gasteiger partial charge in [0, 0.05) is 17.8 Å². The highest BCUT2D eigenvalue weighted by Gasteiger charge is 2.55. The van der Waals surface area contributed by atoms with Gasteiger partial charge in [0.05, 0.1) is 19.9 Å². The number of rotatable bonds is 6. The molecule has 12 heteroatoms. The second-order valence-corrected chi connectivity index (χ2v) is 7.65. The molecule has 1 fully saturated rings. The van der Waals surface area contributed by atoms with E-state index in [0.717, 1.165) is 4.90 Å². The third-order valence-corrected chi connectivity index (χ3v) is 5.61. The van der Waals surface area contributed by atoms with Gasteiger partial charge < -0.3 is 24.3 Å². The van der Waals surface area contributed by atoms with Crippen molar-refractivity contribution in [3.8, 4) is 23.0 Å². The topological polar surface area (TPSA) is 131 Å². The number of benzene rings is 2. The van der Waals surface area contributed by atoms with Crippen LogP contribution in [0.4, 0.5) is 11.4 Å². The van der Waals surface area contributed by atoms with Crippen LogP contribution in [-0.2, 0) is 14.4 Å². The lowest BCUT2D eigenvalue weighted by Gasteiger charge is -2.21. The van der Waals surface area contributed by atoms with E-state index in [1.165, 1.54) is 25.3 Å². The van der Waals surface area contributed by atoms with Gasteiger partial charge in [-0.25, -0.2) is 4.90 Å². The molecule has 2 aromatic carbocycles. The van der Waals surface area contributed by atoms with Gasteiger partial charge in [0.25, 0.3) is 11.8 Å². The minimum atomic E-state index is -1.03. The number of ether oxygens (including phenoxy) is 4.